The molecule has 0 aliphatic rings. The summed E-state index contributed by atoms with van der Waals surface area (Å²) in [4.78, 5) is 8.15. The maximum atomic E-state index is 4.08. The van der Waals surface area contributed by atoms with E-state index in [0.29, 0.717) is 0 Å². The highest BCUT2D eigenvalue weighted by Crippen LogP contribution is 2.12. The molecule has 0 atom stereocenters. The van der Waals surface area contributed by atoms with Crippen molar-refractivity contribution in [2.75, 3.05) is 0 Å². The molecule has 0 spiro atoms. The molecule has 0 amide bonds. The molecular weight excluding hydrogens is 352 g/mol. The molecule has 0 saturated carbocycles. The summed E-state index contributed by atoms with van der Waals surface area (Å²) in [5.41, 5.74) is 6.35. The summed E-state index contributed by atoms with van der Waals surface area (Å²) >= 11 is 0. The van der Waals surface area contributed by atoms with E-state index in [9.17, 15) is 0 Å². The molecule has 136 valence electrons. The van der Waals surface area contributed by atoms with Gasteiger partial charge >= 0.3 is 0 Å². The van der Waals surface area contributed by atoms with Crippen LogP contribution in [0.4, 0.5) is 0 Å². The number of hydrogen-bond donors (Lipinski definition) is 0. The van der Waals surface area contributed by atoms with Crippen LogP contribution in [-0.4, -0.2) is 9.97 Å². The molecule has 29 heavy (non-hydrogen) atoms. The van der Waals surface area contributed by atoms with E-state index in [2.05, 4.69) is 82.2 Å². The van der Waals surface area contributed by atoms with E-state index in [4.69, 9.17) is 0 Å². The molecule has 0 saturated heterocycles. The van der Waals surface area contributed by atoms with Crippen molar-refractivity contribution in [2.24, 2.45) is 0 Å². The first kappa shape index (κ1) is 18.2. The number of benzene rings is 2. The fourth-order valence-corrected chi connectivity index (χ4v) is 2.81. The van der Waals surface area contributed by atoms with Gasteiger partial charge in [-0.3, -0.25) is 9.97 Å². The van der Waals surface area contributed by atoms with Crippen LogP contribution in [0.1, 0.15) is 33.4 Å². The third-order valence-electron chi connectivity index (χ3n) is 4.34. The molecule has 0 radical (unpaired) electrons. The second-order valence-electron chi connectivity index (χ2n) is 6.55. The van der Waals surface area contributed by atoms with E-state index >= 15 is 0 Å². The quantitative estimate of drug-likeness (QED) is 0.471. The van der Waals surface area contributed by atoms with Crippen molar-refractivity contribution in [3.63, 3.8) is 0 Å². The number of rotatable bonds is 2. The van der Waals surface area contributed by atoms with E-state index in [0.717, 1.165) is 28.7 Å². The predicted octanol–water partition coefficient (Wildman–Crippen LogP) is 4.87. The molecule has 0 fully saturated rings. The van der Waals surface area contributed by atoms with Crippen molar-refractivity contribution in [1.29, 1.82) is 0 Å². The molecule has 0 N–H and O–H groups in total. The Balaban J connectivity index is 1.39. The van der Waals surface area contributed by atoms with Crippen LogP contribution in [0.3, 0.4) is 0 Å². The Morgan fingerprint density at radius 1 is 0.483 bits per heavy atom. The first-order valence-electron chi connectivity index (χ1n) is 9.37. The van der Waals surface area contributed by atoms with Gasteiger partial charge in [0.05, 0.1) is 0 Å². The molecule has 0 aliphatic carbocycles. The van der Waals surface area contributed by atoms with Crippen molar-refractivity contribution >= 4 is 0 Å². The highest BCUT2D eigenvalue weighted by molar-refractivity contribution is 5.45. The van der Waals surface area contributed by atoms with Crippen LogP contribution < -0.4 is 0 Å². The van der Waals surface area contributed by atoms with Gasteiger partial charge in [-0.25, -0.2) is 0 Å². The standard InChI is InChI=1S/C27H18N2/c1-3-26(20-28-17-1)15-9-22-5-11-24(12-6-22)19-25-13-7-23(8-14-25)10-16-27-4-2-18-29-21-27/h1-8,11-14,17-18,20-21H,19H2. The molecule has 4 aromatic rings. The minimum absolute atomic E-state index is 0.882. The van der Waals surface area contributed by atoms with Crippen LogP contribution in [0, 0.1) is 23.7 Å². The van der Waals surface area contributed by atoms with Gasteiger partial charge in [0.2, 0.25) is 0 Å². The summed E-state index contributed by atoms with van der Waals surface area (Å²) in [7, 11) is 0. The fourth-order valence-electron chi connectivity index (χ4n) is 2.81. The van der Waals surface area contributed by atoms with E-state index < -0.39 is 0 Å². The van der Waals surface area contributed by atoms with Gasteiger partial charge in [0.15, 0.2) is 0 Å². The number of pyridine rings is 2. The summed E-state index contributed by atoms with van der Waals surface area (Å²) in [6, 6.07) is 24.5. The lowest BCUT2D eigenvalue weighted by Gasteiger charge is -2.03. The summed E-state index contributed by atoms with van der Waals surface area (Å²) in [6.07, 6.45) is 7.92. The van der Waals surface area contributed by atoms with Gasteiger partial charge in [0, 0.05) is 47.0 Å². The second-order valence-corrected chi connectivity index (χ2v) is 6.55. The topological polar surface area (TPSA) is 25.8 Å². The van der Waals surface area contributed by atoms with Crippen LogP contribution in [-0.2, 0) is 6.42 Å². The third-order valence-corrected chi connectivity index (χ3v) is 4.34. The zero-order chi connectivity index (χ0) is 19.7. The van der Waals surface area contributed by atoms with E-state index in [1.54, 1.807) is 24.8 Å². The van der Waals surface area contributed by atoms with Crippen molar-refractivity contribution in [2.45, 2.75) is 6.42 Å². The first-order valence-corrected chi connectivity index (χ1v) is 9.37. The molecule has 2 aromatic carbocycles. The average Bonchev–Trinajstić information content (AvgIpc) is 2.80. The van der Waals surface area contributed by atoms with Crippen LogP contribution in [0.5, 0.6) is 0 Å². The van der Waals surface area contributed by atoms with Gasteiger partial charge in [-0.1, -0.05) is 47.9 Å². The smallest absolute Gasteiger partial charge is 0.0432 e. The van der Waals surface area contributed by atoms with Gasteiger partial charge in [-0.2, -0.15) is 0 Å². The Bertz CT molecular complexity index is 1090. The molecule has 0 unspecified atom stereocenters. The van der Waals surface area contributed by atoms with Crippen LogP contribution >= 0.6 is 0 Å². The van der Waals surface area contributed by atoms with Gasteiger partial charge in [-0.15, -0.1) is 0 Å². The molecule has 2 nitrogen and oxygen atoms in total. The predicted molar refractivity (Wildman–Crippen MR) is 116 cm³/mol. The lowest BCUT2D eigenvalue weighted by molar-refractivity contribution is 1.19. The van der Waals surface area contributed by atoms with Crippen molar-refractivity contribution in [1.82, 2.24) is 9.97 Å². The van der Waals surface area contributed by atoms with Crippen molar-refractivity contribution in [3.05, 3.63) is 131 Å². The summed E-state index contributed by atoms with van der Waals surface area (Å²) in [5.74, 6) is 12.6. The highest BCUT2D eigenvalue weighted by atomic mass is 14.6. The van der Waals surface area contributed by atoms with Gasteiger partial charge in [0.25, 0.3) is 0 Å². The molecule has 2 aromatic heterocycles. The average molecular weight is 370 g/mol. The Hall–Kier alpha value is -4.14. The molecule has 0 bridgehead atoms. The van der Waals surface area contributed by atoms with Crippen LogP contribution in [0.15, 0.2) is 97.6 Å². The van der Waals surface area contributed by atoms with E-state index in [1.165, 1.54) is 11.1 Å². The largest absolute Gasteiger partial charge is 0.263 e. The Labute approximate surface area is 171 Å². The fraction of sp³-hybridized carbons (Fsp3) is 0.0370. The molecule has 0 aliphatic heterocycles. The molecule has 4 rings (SSSR count). The Morgan fingerprint density at radius 3 is 1.28 bits per heavy atom. The second kappa shape index (κ2) is 9.18. The lowest BCUT2D eigenvalue weighted by atomic mass is 10.0. The number of hydrogen-bond acceptors (Lipinski definition) is 2. The summed E-state index contributed by atoms with van der Waals surface area (Å²) < 4.78 is 0. The summed E-state index contributed by atoms with van der Waals surface area (Å²) in [5, 5.41) is 0. The van der Waals surface area contributed by atoms with E-state index in [1.807, 2.05) is 24.3 Å². The summed E-state index contributed by atoms with van der Waals surface area (Å²) in [6.45, 7) is 0. The van der Waals surface area contributed by atoms with Gasteiger partial charge in [0.1, 0.15) is 0 Å². The maximum Gasteiger partial charge on any atom is 0.0432 e. The van der Waals surface area contributed by atoms with Crippen LogP contribution in [0.25, 0.3) is 0 Å². The molecular formula is C27H18N2. The van der Waals surface area contributed by atoms with Crippen molar-refractivity contribution in [3.8, 4) is 23.7 Å². The SMILES string of the molecule is C(#Cc1cccnc1)c1ccc(Cc2ccc(C#Cc3cccnc3)cc2)cc1. The monoisotopic (exact) mass is 370 g/mol. The molecule has 2 heteroatoms. The van der Waals surface area contributed by atoms with Gasteiger partial charge in [-0.05, 0) is 66.1 Å². The number of aromatic nitrogens is 2. The highest BCUT2D eigenvalue weighted by Gasteiger charge is 1.97. The van der Waals surface area contributed by atoms with Crippen molar-refractivity contribution < 1.29 is 0 Å². The lowest BCUT2D eigenvalue weighted by Crippen LogP contribution is -1.89. The minimum atomic E-state index is 0.882. The molecule has 2 heterocycles. The zero-order valence-corrected chi connectivity index (χ0v) is 15.8. The van der Waals surface area contributed by atoms with E-state index in [-0.39, 0.29) is 0 Å². The Kier molecular flexibility index (Phi) is 5.77. The maximum absolute atomic E-state index is 4.08. The van der Waals surface area contributed by atoms with Crippen LogP contribution in [0.2, 0.25) is 0 Å². The Morgan fingerprint density at radius 2 is 0.897 bits per heavy atom. The minimum Gasteiger partial charge on any atom is -0.263 e. The number of nitrogens with zero attached hydrogens (tertiary/aromatic N) is 2. The third kappa shape index (κ3) is 5.42. The van der Waals surface area contributed by atoms with Gasteiger partial charge < -0.3 is 0 Å². The zero-order valence-electron chi connectivity index (χ0n) is 15.8. The normalized spacial score (nSPS) is 9.66. The first-order chi connectivity index (χ1) is 14.3.